The SMILES string of the molecule is Cc1cc(N)n(-c2nc(C)nc3sc4c(c23)CCC4)n1. The Morgan fingerprint density at radius 2 is 2.10 bits per heavy atom. The molecule has 1 aliphatic rings. The van der Waals surface area contributed by atoms with Crippen molar-refractivity contribution in [3.8, 4) is 5.82 Å². The standard InChI is InChI=1S/C14H15N5S/c1-7-6-11(15)19(18-7)13-12-9-4-3-5-10(9)20-14(12)17-8(2)16-13/h6H,3-5,15H2,1-2H3. The highest BCUT2D eigenvalue weighted by atomic mass is 32.1. The third-order valence-electron chi connectivity index (χ3n) is 3.72. The van der Waals surface area contributed by atoms with Gasteiger partial charge in [0.05, 0.1) is 11.1 Å². The predicted molar refractivity (Wildman–Crippen MR) is 80.4 cm³/mol. The second kappa shape index (κ2) is 4.02. The van der Waals surface area contributed by atoms with Crippen molar-refractivity contribution in [2.75, 3.05) is 5.73 Å². The lowest BCUT2D eigenvalue weighted by atomic mass is 10.2. The summed E-state index contributed by atoms with van der Waals surface area (Å²) in [5, 5.41) is 5.62. The molecule has 20 heavy (non-hydrogen) atoms. The first-order valence-corrected chi connectivity index (χ1v) is 7.56. The molecule has 5 nitrogen and oxygen atoms in total. The van der Waals surface area contributed by atoms with Gasteiger partial charge in [0, 0.05) is 10.9 Å². The Kier molecular flexibility index (Phi) is 2.38. The number of thiophene rings is 1. The van der Waals surface area contributed by atoms with E-state index in [2.05, 4.69) is 15.1 Å². The van der Waals surface area contributed by atoms with E-state index in [0.717, 1.165) is 40.4 Å². The molecule has 0 unspecified atom stereocenters. The van der Waals surface area contributed by atoms with Crippen molar-refractivity contribution in [2.45, 2.75) is 33.1 Å². The third-order valence-corrected chi connectivity index (χ3v) is 4.90. The van der Waals surface area contributed by atoms with Crippen molar-refractivity contribution in [2.24, 2.45) is 0 Å². The van der Waals surface area contributed by atoms with Crippen molar-refractivity contribution in [1.82, 2.24) is 19.7 Å². The van der Waals surface area contributed by atoms with Gasteiger partial charge in [0.25, 0.3) is 0 Å². The summed E-state index contributed by atoms with van der Waals surface area (Å²) >= 11 is 1.79. The summed E-state index contributed by atoms with van der Waals surface area (Å²) in [4.78, 5) is 11.7. The maximum Gasteiger partial charge on any atom is 0.168 e. The van der Waals surface area contributed by atoms with Gasteiger partial charge in [-0.25, -0.2) is 9.97 Å². The van der Waals surface area contributed by atoms with Gasteiger partial charge in [-0.05, 0) is 38.7 Å². The number of aryl methyl sites for hydroxylation is 4. The van der Waals surface area contributed by atoms with E-state index in [0.29, 0.717) is 5.82 Å². The fourth-order valence-electron chi connectivity index (χ4n) is 2.92. The van der Waals surface area contributed by atoms with Crippen molar-refractivity contribution >= 4 is 27.4 Å². The van der Waals surface area contributed by atoms with Crippen molar-refractivity contribution in [3.63, 3.8) is 0 Å². The lowest BCUT2D eigenvalue weighted by molar-refractivity contribution is 0.835. The number of hydrogen-bond donors (Lipinski definition) is 1. The molecule has 0 saturated heterocycles. The second-order valence-corrected chi connectivity index (χ2v) is 6.34. The van der Waals surface area contributed by atoms with Crippen LogP contribution in [0, 0.1) is 13.8 Å². The maximum atomic E-state index is 6.07. The van der Waals surface area contributed by atoms with Crippen LogP contribution in [0.4, 0.5) is 5.82 Å². The molecule has 6 heteroatoms. The fourth-order valence-corrected chi connectivity index (χ4v) is 4.22. The molecule has 0 saturated carbocycles. The van der Waals surface area contributed by atoms with Gasteiger partial charge in [0.2, 0.25) is 0 Å². The smallest absolute Gasteiger partial charge is 0.168 e. The monoisotopic (exact) mass is 285 g/mol. The van der Waals surface area contributed by atoms with E-state index in [1.807, 2.05) is 19.9 Å². The van der Waals surface area contributed by atoms with Crippen LogP contribution >= 0.6 is 11.3 Å². The first kappa shape index (κ1) is 11.8. The van der Waals surface area contributed by atoms with Gasteiger partial charge in [0.15, 0.2) is 5.82 Å². The second-order valence-electron chi connectivity index (χ2n) is 5.25. The molecule has 0 spiro atoms. The van der Waals surface area contributed by atoms with Crippen LogP contribution in [0.5, 0.6) is 0 Å². The van der Waals surface area contributed by atoms with Crippen molar-refractivity contribution in [1.29, 1.82) is 0 Å². The summed E-state index contributed by atoms with van der Waals surface area (Å²) in [5.41, 5.74) is 8.37. The first-order valence-electron chi connectivity index (χ1n) is 6.75. The number of nitrogen functional groups attached to an aromatic ring is 1. The Balaban J connectivity index is 2.10. The van der Waals surface area contributed by atoms with E-state index in [1.165, 1.54) is 16.9 Å². The summed E-state index contributed by atoms with van der Waals surface area (Å²) in [7, 11) is 0. The molecule has 0 aromatic carbocycles. The number of fused-ring (bicyclic) bond motifs is 3. The minimum Gasteiger partial charge on any atom is -0.384 e. The number of aromatic nitrogens is 4. The van der Waals surface area contributed by atoms with Crippen LogP contribution in [0.3, 0.4) is 0 Å². The Morgan fingerprint density at radius 3 is 2.85 bits per heavy atom. The van der Waals surface area contributed by atoms with E-state index in [-0.39, 0.29) is 0 Å². The van der Waals surface area contributed by atoms with Gasteiger partial charge >= 0.3 is 0 Å². The highest BCUT2D eigenvalue weighted by Gasteiger charge is 2.23. The largest absolute Gasteiger partial charge is 0.384 e. The number of nitrogens with two attached hydrogens (primary N) is 1. The predicted octanol–water partition coefficient (Wildman–Crippen LogP) is 2.56. The van der Waals surface area contributed by atoms with Crippen LogP contribution in [0.1, 0.15) is 28.4 Å². The topological polar surface area (TPSA) is 69.6 Å². The van der Waals surface area contributed by atoms with Crippen LogP contribution in [-0.4, -0.2) is 19.7 Å². The molecule has 3 heterocycles. The molecule has 102 valence electrons. The molecule has 2 N–H and O–H groups in total. The Morgan fingerprint density at radius 1 is 1.25 bits per heavy atom. The number of hydrogen-bond acceptors (Lipinski definition) is 5. The van der Waals surface area contributed by atoms with E-state index in [9.17, 15) is 0 Å². The Labute approximate surface area is 120 Å². The minimum absolute atomic E-state index is 0.625. The summed E-state index contributed by atoms with van der Waals surface area (Å²) < 4.78 is 1.75. The molecular formula is C14H15N5S. The molecule has 0 radical (unpaired) electrons. The Hall–Kier alpha value is -1.95. The summed E-state index contributed by atoms with van der Waals surface area (Å²) in [6, 6.07) is 1.87. The van der Waals surface area contributed by atoms with Crippen molar-refractivity contribution < 1.29 is 0 Å². The highest BCUT2D eigenvalue weighted by molar-refractivity contribution is 7.19. The van der Waals surface area contributed by atoms with E-state index < -0.39 is 0 Å². The van der Waals surface area contributed by atoms with Gasteiger partial charge < -0.3 is 5.73 Å². The van der Waals surface area contributed by atoms with Crippen LogP contribution in [-0.2, 0) is 12.8 Å². The number of rotatable bonds is 1. The lowest BCUT2D eigenvalue weighted by Crippen LogP contribution is -2.07. The average molecular weight is 285 g/mol. The molecule has 4 rings (SSSR count). The molecule has 0 bridgehead atoms. The van der Waals surface area contributed by atoms with E-state index in [4.69, 9.17) is 5.73 Å². The summed E-state index contributed by atoms with van der Waals surface area (Å²) in [6.45, 7) is 3.86. The zero-order chi connectivity index (χ0) is 13.9. The average Bonchev–Trinajstić information content (AvgIpc) is 3.02. The first-order chi connectivity index (χ1) is 9.63. The molecule has 0 atom stereocenters. The molecule has 0 amide bonds. The van der Waals surface area contributed by atoms with Crippen LogP contribution in [0.15, 0.2) is 6.07 Å². The van der Waals surface area contributed by atoms with Crippen LogP contribution in [0.25, 0.3) is 16.0 Å². The summed E-state index contributed by atoms with van der Waals surface area (Å²) in [6.07, 6.45) is 3.48. The molecule has 3 aromatic heterocycles. The van der Waals surface area contributed by atoms with Crippen LogP contribution in [0.2, 0.25) is 0 Å². The third kappa shape index (κ3) is 1.57. The molecular weight excluding hydrogens is 270 g/mol. The summed E-state index contributed by atoms with van der Waals surface area (Å²) in [5.74, 6) is 2.22. The fraction of sp³-hybridized carbons (Fsp3) is 0.357. The number of nitrogens with zero attached hydrogens (tertiary/aromatic N) is 4. The highest BCUT2D eigenvalue weighted by Crippen LogP contribution is 2.39. The van der Waals surface area contributed by atoms with Gasteiger partial charge in [-0.3, -0.25) is 0 Å². The molecule has 0 fully saturated rings. The zero-order valence-corrected chi connectivity index (χ0v) is 12.3. The lowest BCUT2D eigenvalue weighted by Gasteiger charge is -2.07. The van der Waals surface area contributed by atoms with Gasteiger partial charge in [-0.15, -0.1) is 11.3 Å². The van der Waals surface area contributed by atoms with Crippen LogP contribution < -0.4 is 5.73 Å². The van der Waals surface area contributed by atoms with Gasteiger partial charge in [-0.1, -0.05) is 0 Å². The van der Waals surface area contributed by atoms with E-state index in [1.54, 1.807) is 16.0 Å². The van der Waals surface area contributed by atoms with E-state index >= 15 is 0 Å². The quantitative estimate of drug-likeness (QED) is 0.746. The number of anilines is 1. The molecule has 3 aromatic rings. The Bertz CT molecular complexity index is 830. The molecule has 0 aliphatic heterocycles. The van der Waals surface area contributed by atoms with Gasteiger partial charge in [0.1, 0.15) is 16.5 Å². The zero-order valence-electron chi connectivity index (χ0n) is 11.5. The molecule has 1 aliphatic carbocycles. The normalized spacial score (nSPS) is 14.1. The van der Waals surface area contributed by atoms with Gasteiger partial charge in [-0.2, -0.15) is 9.78 Å². The maximum absolute atomic E-state index is 6.07. The van der Waals surface area contributed by atoms with Crippen molar-refractivity contribution in [3.05, 3.63) is 28.0 Å². The minimum atomic E-state index is 0.625.